The molecule has 1 amide bonds. The van der Waals surface area contributed by atoms with Crippen molar-refractivity contribution in [2.24, 2.45) is 0 Å². The number of nitrogens with zero attached hydrogens (tertiary/aromatic N) is 1. The third-order valence-electron chi connectivity index (χ3n) is 5.19. The van der Waals surface area contributed by atoms with Gasteiger partial charge in [-0.1, -0.05) is 48.0 Å². The molecule has 2 aromatic rings. The number of nitrogens with two attached hydrogens (primary N) is 1. The lowest BCUT2D eigenvalue weighted by Gasteiger charge is -2.21. The molecule has 3 rings (SSSR count). The second-order valence-corrected chi connectivity index (χ2v) is 6.77. The summed E-state index contributed by atoms with van der Waals surface area (Å²) in [7, 11) is 0. The van der Waals surface area contributed by atoms with Gasteiger partial charge in [0.1, 0.15) is 0 Å². The van der Waals surface area contributed by atoms with Gasteiger partial charge in [0.25, 0.3) is 5.91 Å². The van der Waals surface area contributed by atoms with E-state index in [9.17, 15) is 4.79 Å². The molecule has 0 unspecified atom stereocenters. The van der Waals surface area contributed by atoms with E-state index in [1.165, 1.54) is 22.3 Å². The molecule has 1 saturated heterocycles. The Kier molecular flexibility index (Phi) is 8.08. The van der Waals surface area contributed by atoms with Crippen molar-refractivity contribution in [1.29, 1.82) is 0 Å². The Balaban J connectivity index is 0.00000261. The molecule has 27 heavy (non-hydrogen) atoms. The zero-order chi connectivity index (χ0) is 18.4. The highest BCUT2D eigenvalue weighted by Gasteiger charge is 2.17. The van der Waals surface area contributed by atoms with Gasteiger partial charge >= 0.3 is 0 Å². The number of hydrogen-bond donors (Lipinski definition) is 1. The Morgan fingerprint density at radius 2 is 1.48 bits per heavy atom. The Hall–Kier alpha value is -2.10. The molecule has 0 saturated carbocycles. The molecule has 4 heteroatoms. The van der Waals surface area contributed by atoms with Crippen molar-refractivity contribution in [3.05, 3.63) is 76.9 Å². The highest BCUT2D eigenvalue weighted by atomic mass is 35.5. The van der Waals surface area contributed by atoms with E-state index in [0.717, 1.165) is 44.6 Å². The number of rotatable bonds is 5. The zero-order valence-corrected chi connectivity index (χ0v) is 17.0. The van der Waals surface area contributed by atoms with Gasteiger partial charge in [-0.3, -0.25) is 4.79 Å². The lowest BCUT2D eigenvalue weighted by atomic mass is 9.89. The summed E-state index contributed by atoms with van der Waals surface area (Å²) in [5.74, 6) is 0.114. The van der Waals surface area contributed by atoms with Gasteiger partial charge in [-0.05, 0) is 42.7 Å². The maximum atomic E-state index is 12.6. The Morgan fingerprint density at radius 3 is 2.04 bits per heavy atom. The van der Waals surface area contributed by atoms with E-state index in [0.29, 0.717) is 0 Å². The van der Waals surface area contributed by atoms with Crippen LogP contribution in [0.5, 0.6) is 0 Å². The van der Waals surface area contributed by atoms with Crippen molar-refractivity contribution < 1.29 is 22.5 Å². The van der Waals surface area contributed by atoms with E-state index in [2.05, 4.69) is 47.8 Å². The predicted molar refractivity (Wildman–Crippen MR) is 107 cm³/mol. The Labute approximate surface area is 168 Å². The average molecular weight is 387 g/mol. The van der Waals surface area contributed by atoms with Gasteiger partial charge in [0, 0.05) is 31.5 Å². The zero-order valence-electron chi connectivity index (χ0n) is 16.2. The normalized spacial score (nSPS) is 13.6. The van der Waals surface area contributed by atoms with Crippen LogP contribution in [0.15, 0.2) is 60.2 Å². The van der Waals surface area contributed by atoms with Crippen molar-refractivity contribution in [2.75, 3.05) is 26.2 Å². The molecule has 0 aliphatic carbocycles. The molecule has 2 aromatic carbocycles. The molecule has 2 N–H and O–H groups in total. The summed E-state index contributed by atoms with van der Waals surface area (Å²) in [4.78, 5) is 14.4. The van der Waals surface area contributed by atoms with E-state index in [4.69, 9.17) is 0 Å². The summed E-state index contributed by atoms with van der Waals surface area (Å²) in [5, 5.41) is 2.39. The molecule has 0 atom stereocenters. The molecule has 0 aromatic heterocycles. The van der Waals surface area contributed by atoms with Crippen LogP contribution in [0.1, 0.15) is 48.2 Å². The highest BCUT2D eigenvalue weighted by molar-refractivity contribution is 5.95. The number of quaternary nitrogens is 1. The van der Waals surface area contributed by atoms with Crippen LogP contribution in [0, 0.1) is 0 Å². The molecule has 3 nitrogen and oxygen atoms in total. The third-order valence-corrected chi connectivity index (χ3v) is 5.19. The van der Waals surface area contributed by atoms with E-state index < -0.39 is 0 Å². The highest BCUT2D eigenvalue weighted by Crippen LogP contribution is 2.30. The number of carbonyl (C=O) groups is 1. The number of hydrogen-bond acceptors (Lipinski definition) is 1. The second kappa shape index (κ2) is 10.3. The van der Waals surface area contributed by atoms with Gasteiger partial charge in [0.15, 0.2) is 0 Å². The monoisotopic (exact) mass is 386 g/mol. The second-order valence-electron chi connectivity index (χ2n) is 6.77. The van der Waals surface area contributed by atoms with Crippen LogP contribution in [0.3, 0.4) is 0 Å². The number of benzene rings is 2. The third kappa shape index (κ3) is 5.00. The number of piperidine rings is 1. The minimum Gasteiger partial charge on any atom is -1.00 e. The first-order valence-electron chi connectivity index (χ1n) is 9.73. The fourth-order valence-corrected chi connectivity index (χ4v) is 3.72. The van der Waals surface area contributed by atoms with Gasteiger partial charge in [-0.2, -0.15) is 0 Å². The first-order valence-corrected chi connectivity index (χ1v) is 9.73. The summed E-state index contributed by atoms with van der Waals surface area (Å²) in [5.41, 5.74) is 6.13. The molecule has 1 aliphatic heterocycles. The standard InChI is InChI=1S/C23H28N2O.ClH/c1-3-25(4-2)23(26)21-12-10-19(11-13-21)22(18-8-6-5-7-9-18)20-14-16-24-17-15-20;/h5-13,24H,3-4,14-17H2,1-2H3;1H/i23+2;. The topological polar surface area (TPSA) is 36.9 Å². The van der Waals surface area contributed by atoms with Crippen LogP contribution in [-0.2, 0) is 0 Å². The minimum atomic E-state index is 0. The fourth-order valence-electron chi connectivity index (χ4n) is 3.72. The van der Waals surface area contributed by atoms with Crippen molar-refractivity contribution in [3.8, 4) is 0 Å². The van der Waals surface area contributed by atoms with Crippen LogP contribution in [0.25, 0.3) is 5.57 Å². The SMILES string of the molecule is CCN(CC)[14C](=O)c1ccc(C(=C2CC[NH2+]CC2)c2ccccc2)cc1.[Cl-]. The van der Waals surface area contributed by atoms with Gasteiger partial charge < -0.3 is 22.6 Å². The number of carbonyl (C=O) groups excluding carboxylic acids is 1. The smallest absolute Gasteiger partial charge is 0.253 e. The average Bonchev–Trinajstić information content (AvgIpc) is 2.71. The lowest BCUT2D eigenvalue weighted by Crippen LogP contribution is -3.00. The predicted octanol–water partition coefficient (Wildman–Crippen LogP) is 0.332. The number of amides is 1. The maximum Gasteiger partial charge on any atom is 0.253 e. The molecular formula is C23H29ClN2O. The number of halogens is 1. The minimum absolute atomic E-state index is 0. The molecule has 0 radical (unpaired) electrons. The van der Waals surface area contributed by atoms with Crippen molar-refractivity contribution in [3.63, 3.8) is 0 Å². The Morgan fingerprint density at radius 1 is 0.926 bits per heavy atom. The van der Waals surface area contributed by atoms with Crippen molar-refractivity contribution in [1.82, 2.24) is 4.90 Å². The van der Waals surface area contributed by atoms with Crippen LogP contribution in [-0.4, -0.2) is 37.0 Å². The van der Waals surface area contributed by atoms with Crippen molar-refractivity contribution >= 4 is 11.5 Å². The van der Waals surface area contributed by atoms with Crippen LogP contribution in [0.4, 0.5) is 0 Å². The summed E-state index contributed by atoms with van der Waals surface area (Å²) in [6.45, 7) is 7.84. The lowest BCUT2D eigenvalue weighted by molar-refractivity contribution is -0.658. The van der Waals surface area contributed by atoms with E-state index in [1.54, 1.807) is 0 Å². The van der Waals surface area contributed by atoms with Gasteiger partial charge in [0.05, 0.1) is 13.1 Å². The quantitative estimate of drug-likeness (QED) is 0.790. The largest absolute Gasteiger partial charge is 1.00 e. The summed E-state index contributed by atoms with van der Waals surface area (Å²) in [6, 6.07) is 18.8. The van der Waals surface area contributed by atoms with Gasteiger partial charge in [-0.15, -0.1) is 0 Å². The van der Waals surface area contributed by atoms with Gasteiger partial charge in [0.2, 0.25) is 0 Å². The molecule has 1 fully saturated rings. The van der Waals surface area contributed by atoms with E-state index >= 15 is 0 Å². The van der Waals surface area contributed by atoms with Gasteiger partial charge in [-0.25, -0.2) is 0 Å². The molecular weight excluding hydrogens is 358 g/mol. The van der Waals surface area contributed by atoms with Crippen LogP contribution in [0.2, 0.25) is 0 Å². The first-order chi connectivity index (χ1) is 12.7. The molecule has 1 aliphatic rings. The van der Waals surface area contributed by atoms with E-state index in [1.807, 2.05) is 30.9 Å². The molecule has 144 valence electrons. The Bertz CT molecular complexity index is 757. The summed E-state index contributed by atoms with van der Waals surface area (Å²) >= 11 is 0. The summed E-state index contributed by atoms with van der Waals surface area (Å²) < 4.78 is 0. The molecule has 0 bridgehead atoms. The maximum absolute atomic E-state index is 12.6. The summed E-state index contributed by atoms with van der Waals surface area (Å²) in [6.07, 6.45) is 2.26. The van der Waals surface area contributed by atoms with Crippen LogP contribution >= 0.6 is 0 Å². The molecule has 0 spiro atoms. The van der Waals surface area contributed by atoms with Crippen molar-refractivity contribution in [2.45, 2.75) is 26.7 Å². The molecule has 1 heterocycles. The van der Waals surface area contributed by atoms with E-state index in [-0.39, 0.29) is 18.3 Å². The van der Waals surface area contributed by atoms with Crippen LogP contribution < -0.4 is 17.7 Å². The first kappa shape index (κ1) is 21.2. The fraction of sp³-hybridized carbons (Fsp3) is 0.348.